The Morgan fingerprint density at radius 2 is 0.873 bits per heavy atom. The van der Waals surface area contributed by atoms with Crippen LogP contribution in [0.4, 0.5) is 17.1 Å². The summed E-state index contributed by atoms with van der Waals surface area (Å²) in [5.74, 6) is 0. The molecule has 1 aliphatic heterocycles. The van der Waals surface area contributed by atoms with Gasteiger partial charge in [0.15, 0.2) is 0 Å². The van der Waals surface area contributed by atoms with Gasteiger partial charge in [0.2, 0.25) is 0 Å². The smallest absolute Gasteiger partial charge is 0.0755 e. The molecule has 2 aliphatic rings. The van der Waals surface area contributed by atoms with Gasteiger partial charge in [0.05, 0.1) is 33.5 Å². The molecule has 11 aromatic rings. The fourth-order valence-corrected chi connectivity index (χ4v) is 11.0. The molecular weight excluding hydrogens is 761 g/mol. The molecule has 13 rings (SSSR count). The van der Waals surface area contributed by atoms with Crippen molar-refractivity contribution in [3.05, 3.63) is 265 Å². The van der Waals surface area contributed by atoms with E-state index in [-0.39, 0.29) is 0 Å². The molecule has 2 heteroatoms. The molecule has 10 aromatic carbocycles. The van der Waals surface area contributed by atoms with Gasteiger partial charge in [-0.1, -0.05) is 206 Å². The monoisotopic (exact) mass is 800 g/mol. The molecule has 1 aromatic heterocycles. The van der Waals surface area contributed by atoms with Crippen molar-refractivity contribution in [3.8, 4) is 50.2 Å². The van der Waals surface area contributed by atoms with Gasteiger partial charge in [-0.05, 0) is 92.0 Å². The first-order valence-electron chi connectivity index (χ1n) is 21.9. The van der Waals surface area contributed by atoms with Gasteiger partial charge in [-0.3, -0.25) is 0 Å². The number of fused-ring (bicyclic) bond motifs is 12. The first-order chi connectivity index (χ1) is 31.3. The van der Waals surface area contributed by atoms with Crippen molar-refractivity contribution in [2.75, 3.05) is 4.90 Å². The number of anilines is 3. The lowest BCUT2D eigenvalue weighted by Gasteiger charge is -2.39. The van der Waals surface area contributed by atoms with Crippen LogP contribution in [0.3, 0.4) is 0 Å². The van der Waals surface area contributed by atoms with E-state index < -0.39 is 5.41 Å². The second kappa shape index (κ2) is 13.9. The van der Waals surface area contributed by atoms with E-state index in [0.717, 1.165) is 22.6 Å². The van der Waals surface area contributed by atoms with Crippen molar-refractivity contribution in [1.82, 2.24) is 4.57 Å². The predicted octanol–water partition coefficient (Wildman–Crippen LogP) is 15.9. The first-order valence-corrected chi connectivity index (χ1v) is 21.9. The van der Waals surface area contributed by atoms with Crippen molar-refractivity contribution in [2.45, 2.75) is 5.41 Å². The molecule has 1 unspecified atom stereocenters. The van der Waals surface area contributed by atoms with Crippen molar-refractivity contribution >= 4 is 38.9 Å². The maximum atomic E-state index is 2.52. The fraction of sp³-hybridized carbons (Fsp3) is 0.0164. The molecule has 0 saturated heterocycles. The summed E-state index contributed by atoms with van der Waals surface area (Å²) in [6.07, 6.45) is 0. The Labute approximate surface area is 367 Å². The van der Waals surface area contributed by atoms with Crippen LogP contribution in [-0.4, -0.2) is 4.57 Å². The predicted molar refractivity (Wildman–Crippen MR) is 263 cm³/mol. The van der Waals surface area contributed by atoms with Crippen LogP contribution in [0.5, 0.6) is 0 Å². The minimum atomic E-state index is -0.563. The molecule has 1 atom stereocenters. The third-order valence-electron chi connectivity index (χ3n) is 13.6. The summed E-state index contributed by atoms with van der Waals surface area (Å²) >= 11 is 0. The zero-order valence-corrected chi connectivity index (χ0v) is 34.5. The summed E-state index contributed by atoms with van der Waals surface area (Å²) in [5, 5.41) is 2.56. The van der Waals surface area contributed by atoms with Crippen LogP contribution >= 0.6 is 0 Å². The molecular formula is C61H40N2. The van der Waals surface area contributed by atoms with E-state index in [4.69, 9.17) is 0 Å². The zero-order chi connectivity index (χ0) is 41.5. The summed E-state index contributed by atoms with van der Waals surface area (Å²) in [7, 11) is 0. The van der Waals surface area contributed by atoms with Gasteiger partial charge >= 0.3 is 0 Å². The van der Waals surface area contributed by atoms with Gasteiger partial charge in [0.25, 0.3) is 0 Å². The number of hydrogen-bond acceptors (Lipinski definition) is 1. The molecule has 63 heavy (non-hydrogen) atoms. The summed E-state index contributed by atoms with van der Waals surface area (Å²) in [4.78, 5) is 2.52. The standard InChI is InChI=1S/C61H40N2/c1-3-18-41(19-4-1)43-36-38-44(39-37-43)47-24-8-12-32-55(47)62(46-23-15-22-45(40-46)42-20-5-2-6-21-42)58-35-17-30-53-59(58)50-26-7-10-28-51(50)61(53)52-29-11-14-34-57(52)63-56-33-13-9-25-48(56)49-27-16-31-54(61)60(49)63/h1-40H. The maximum Gasteiger partial charge on any atom is 0.0755 e. The van der Waals surface area contributed by atoms with E-state index in [2.05, 4.69) is 252 Å². The summed E-state index contributed by atoms with van der Waals surface area (Å²) in [6.45, 7) is 0. The SMILES string of the molecule is c1ccc(-c2ccc(-c3ccccc3N(c3cccc(-c4ccccc4)c3)c3cccc4c3-c3ccccc3C43c4ccccc4-n4c5ccccc5c5cccc3c54)cc2)cc1. The van der Waals surface area contributed by atoms with Gasteiger partial charge in [-0.2, -0.15) is 0 Å². The number of rotatable bonds is 6. The Morgan fingerprint density at radius 3 is 1.70 bits per heavy atom. The van der Waals surface area contributed by atoms with Crippen molar-refractivity contribution in [1.29, 1.82) is 0 Å². The van der Waals surface area contributed by atoms with E-state index in [9.17, 15) is 0 Å². The van der Waals surface area contributed by atoms with Crippen LogP contribution in [0.15, 0.2) is 243 Å². The second-order valence-corrected chi connectivity index (χ2v) is 16.8. The van der Waals surface area contributed by atoms with Crippen molar-refractivity contribution in [2.24, 2.45) is 0 Å². The van der Waals surface area contributed by atoms with E-state index in [1.165, 1.54) is 88.7 Å². The first kappa shape index (κ1) is 35.5. The normalized spacial score (nSPS) is 14.4. The Kier molecular flexibility index (Phi) is 7.85. The highest BCUT2D eigenvalue weighted by Crippen LogP contribution is 2.63. The van der Waals surface area contributed by atoms with Gasteiger partial charge < -0.3 is 9.47 Å². The summed E-state index contributed by atoms with van der Waals surface area (Å²) in [6, 6.07) is 89.6. The number of hydrogen-bond donors (Lipinski definition) is 0. The Morgan fingerprint density at radius 1 is 0.333 bits per heavy atom. The summed E-state index contributed by atoms with van der Waals surface area (Å²) in [5.41, 5.74) is 21.4. The minimum Gasteiger partial charge on any atom is -0.309 e. The summed E-state index contributed by atoms with van der Waals surface area (Å²) < 4.78 is 2.52. The molecule has 0 radical (unpaired) electrons. The van der Waals surface area contributed by atoms with Gasteiger partial charge in [-0.15, -0.1) is 0 Å². The van der Waals surface area contributed by atoms with E-state index in [1.807, 2.05) is 0 Å². The van der Waals surface area contributed by atoms with Crippen LogP contribution in [0.25, 0.3) is 72.0 Å². The molecule has 0 saturated carbocycles. The molecule has 1 aliphatic carbocycles. The number of benzene rings is 10. The molecule has 1 spiro atoms. The molecule has 0 bridgehead atoms. The average Bonchev–Trinajstić information content (AvgIpc) is 3.86. The minimum absolute atomic E-state index is 0.563. The quantitative estimate of drug-likeness (QED) is 0.163. The van der Waals surface area contributed by atoms with Crippen LogP contribution < -0.4 is 4.90 Å². The van der Waals surface area contributed by atoms with E-state index in [1.54, 1.807) is 0 Å². The van der Waals surface area contributed by atoms with Crippen LogP contribution in [0.2, 0.25) is 0 Å². The lowest BCUT2D eigenvalue weighted by atomic mass is 9.65. The highest BCUT2D eigenvalue weighted by Gasteiger charge is 2.51. The molecule has 2 nitrogen and oxygen atoms in total. The van der Waals surface area contributed by atoms with Crippen molar-refractivity contribution < 1.29 is 0 Å². The second-order valence-electron chi connectivity index (χ2n) is 16.8. The average molecular weight is 801 g/mol. The Balaban J connectivity index is 1.10. The maximum absolute atomic E-state index is 2.52. The Hall–Kier alpha value is -8.20. The van der Waals surface area contributed by atoms with Gasteiger partial charge in [-0.25, -0.2) is 0 Å². The third-order valence-corrected chi connectivity index (χ3v) is 13.6. The molecule has 0 N–H and O–H groups in total. The lowest BCUT2D eigenvalue weighted by molar-refractivity contribution is 0.748. The Bertz CT molecular complexity index is 3560. The molecule has 294 valence electrons. The van der Waals surface area contributed by atoms with Gasteiger partial charge in [0.1, 0.15) is 0 Å². The molecule has 2 heterocycles. The van der Waals surface area contributed by atoms with E-state index >= 15 is 0 Å². The number of nitrogens with zero attached hydrogens (tertiary/aromatic N) is 2. The van der Waals surface area contributed by atoms with Crippen LogP contribution in [0.1, 0.15) is 22.3 Å². The topological polar surface area (TPSA) is 8.17 Å². The van der Waals surface area contributed by atoms with Gasteiger partial charge in [0, 0.05) is 27.6 Å². The van der Waals surface area contributed by atoms with Crippen LogP contribution in [0, 0.1) is 0 Å². The van der Waals surface area contributed by atoms with E-state index in [0.29, 0.717) is 0 Å². The lowest BCUT2D eigenvalue weighted by Crippen LogP contribution is -2.33. The van der Waals surface area contributed by atoms with Crippen molar-refractivity contribution in [3.63, 3.8) is 0 Å². The molecule has 0 amide bonds. The largest absolute Gasteiger partial charge is 0.309 e. The number of para-hydroxylation sites is 4. The third kappa shape index (κ3) is 5.13. The highest BCUT2D eigenvalue weighted by molar-refractivity contribution is 6.13. The zero-order valence-electron chi connectivity index (χ0n) is 34.5. The van der Waals surface area contributed by atoms with Crippen LogP contribution in [-0.2, 0) is 5.41 Å². The number of aromatic nitrogens is 1. The fourth-order valence-electron chi connectivity index (χ4n) is 11.0. The highest BCUT2D eigenvalue weighted by atomic mass is 15.1. The molecule has 0 fully saturated rings.